The van der Waals surface area contributed by atoms with E-state index in [9.17, 15) is 18.8 Å². The molecule has 2 saturated heterocycles. The molecule has 4 unspecified atom stereocenters. The van der Waals surface area contributed by atoms with E-state index in [4.69, 9.17) is 15.2 Å². The van der Waals surface area contributed by atoms with E-state index in [1.807, 2.05) is 30.3 Å². The average Bonchev–Trinajstić information content (AvgIpc) is 3.68. The Hall–Kier alpha value is -3.92. The minimum absolute atomic E-state index is 0.0590. The van der Waals surface area contributed by atoms with Crippen molar-refractivity contribution in [3.63, 3.8) is 0 Å². The number of amides is 2. The molecule has 3 aromatic rings. The molecule has 0 bridgehead atoms. The fourth-order valence-electron chi connectivity index (χ4n) is 7.49. The van der Waals surface area contributed by atoms with Gasteiger partial charge in [0.05, 0.1) is 18.6 Å². The number of rotatable bonds is 6. The lowest BCUT2D eigenvalue weighted by Gasteiger charge is -2.41. The van der Waals surface area contributed by atoms with Crippen LogP contribution in [0, 0.1) is 11.7 Å². The molecule has 1 aliphatic carbocycles. The number of nitrogens with zero attached hydrogens (tertiary/aromatic N) is 2. The minimum Gasteiger partial charge on any atom is -0.458 e. The van der Waals surface area contributed by atoms with Crippen LogP contribution in [0.5, 0.6) is 0 Å². The summed E-state index contributed by atoms with van der Waals surface area (Å²) in [6, 6.07) is 12.5. The quantitative estimate of drug-likeness (QED) is 0.415. The van der Waals surface area contributed by atoms with E-state index in [0.717, 1.165) is 37.7 Å². The van der Waals surface area contributed by atoms with Crippen LogP contribution in [0.3, 0.4) is 0 Å². The zero-order valence-corrected chi connectivity index (χ0v) is 23.8. The number of H-pyrrole nitrogens is 1. The van der Waals surface area contributed by atoms with Crippen LogP contribution < -0.4 is 5.73 Å². The van der Waals surface area contributed by atoms with Gasteiger partial charge in [0.25, 0.3) is 0 Å². The Labute approximate surface area is 244 Å². The number of fused-ring (bicyclic) bond motifs is 2. The maximum atomic E-state index is 14.2. The molecule has 3 aliphatic rings. The summed E-state index contributed by atoms with van der Waals surface area (Å²) in [5, 5.41) is 0.673. The summed E-state index contributed by atoms with van der Waals surface area (Å²) in [4.78, 5) is 47.0. The van der Waals surface area contributed by atoms with Gasteiger partial charge in [-0.3, -0.25) is 14.5 Å². The molecule has 4 atom stereocenters. The maximum Gasteiger partial charge on any atom is 0.411 e. The lowest BCUT2D eigenvalue weighted by Crippen LogP contribution is -2.57. The Kier molecular flexibility index (Phi) is 7.66. The molecule has 222 valence electrons. The number of halogens is 1. The van der Waals surface area contributed by atoms with Gasteiger partial charge in [-0.1, -0.05) is 49.6 Å². The smallest absolute Gasteiger partial charge is 0.411 e. The minimum atomic E-state index is -1.27. The number of hydrogen-bond acceptors (Lipinski definition) is 6. The number of nitrogens with two attached hydrogens (primary N) is 1. The second kappa shape index (κ2) is 11.4. The van der Waals surface area contributed by atoms with Gasteiger partial charge in [0, 0.05) is 36.1 Å². The Morgan fingerprint density at radius 3 is 2.60 bits per heavy atom. The number of benzene rings is 2. The number of hydrogen-bond donors (Lipinski definition) is 2. The summed E-state index contributed by atoms with van der Waals surface area (Å²) in [5.74, 6) is -1.05. The molecular formula is C32H37FN4O5. The van der Waals surface area contributed by atoms with Gasteiger partial charge in [0.2, 0.25) is 5.91 Å². The second-order valence-corrected chi connectivity index (χ2v) is 11.7. The predicted octanol–water partition coefficient (Wildman–Crippen LogP) is 4.59. The highest BCUT2D eigenvalue weighted by atomic mass is 19.1. The molecule has 1 aromatic heterocycles. The summed E-state index contributed by atoms with van der Waals surface area (Å²) >= 11 is 0. The molecule has 9 nitrogen and oxygen atoms in total. The van der Waals surface area contributed by atoms with Gasteiger partial charge in [-0.15, -0.1) is 0 Å². The van der Waals surface area contributed by atoms with Crippen molar-refractivity contribution >= 4 is 28.9 Å². The van der Waals surface area contributed by atoms with E-state index in [1.165, 1.54) is 19.1 Å². The summed E-state index contributed by atoms with van der Waals surface area (Å²) in [7, 11) is 0. The van der Waals surface area contributed by atoms with Crippen molar-refractivity contribution < 1.29 is 28.2 Å². The topological polar surface area (TPSA) is 118 Å². The van der Waals surface area contributed by atoms with Crippen LogP contribution in [0.25, 0.3) is 10.9 Å². The van der Waals surface area contributed by atoms with Crippen molar-refractivity contribution in [2.75, 3.05) is 13.1 Å². The molecule has 6 rings (SSSR count). The summed E-state index contributed by atoms with van der Waals surface area (Å²) in [6.07, 6.45) is 5.72. The first-order valence-electron chi connectivity index (χ1n) is 14.8. The summed E-state index contributed by atoms with van der Waals surface area (Å²) in [5.41, 5.74) is 7.37. The highest BCUT2D eigenvalue weighted by Crippen LogP contribution is 2.52. The number of carbonyl (C=O) groups excluding carboxylic acids is 3. The molecule has 2 aromatic carbocycles. The number of aromatic amines is 1. The van der Waals surface area contributed by atoms with E-state index in [1.54, 1.807) is 22.1 Å². The molecular weight excluding hydrogens is 539 g/mol. The first-order chi connectivity index (χ1) is 20.3. The van der Waals surface area contributed by atoms with E-state index in [-0.39, 0.29) is 31.5 Å². The van der Waals surface area contributed by atoms with Crippen molar-refractivity contribution in [1.82, 2.24) is 14.8 Å². The second-order valence-electron chi connectivity index (χ2n) is 11.7. The van der Waals surface area contributed by atoms with Gasteiger partial charge in [0.15, 0.2) is 0 Å². The molecule has 3 fully saturated rings. The molecule has 42 heavy (non-hydrogen) atoms. The van der Waals surface area contributed by atoms with Crippen LogP contribution in [0.4, 0.5) is 9.18 Å². The Balaban J connectivity index is 1.43. The zero-order chi connectivity index (χ0) is 29.4. The molecule has 2 amide bonds. The van der Waals surface area contributed by atoms with Crippen LogP contribution in [0.15, 0.2) is 54.7 Å². The Bertz CT molecular complexity index is 1470. The summed E-state index contributed by atoms with van der Waals surface area (Å²) in [6.45, 7) is 1.73. The molecule has 3 heterocycles. The van der Waals surface area contributed by atoms with Gasteiger partial charge >= 0.3 is 12.1 Å². The average molecular weight is 577 g/mol. The van der Waals surface area contributed by atoms with E-state index >= 15 is 0 Å². The fraction of sp³-hybridized carbons (Fsp3) is 0.469. The molecule has 0 radical (unpaired) electrons. The van der Waals surface area contributed by atoms with Crippen LogP contribution >= 0.6 is 0 Å². The van der Waals surface area contributed by atoms with Crippen molar-refractivity contribution in [1.29, 1.82) is 0 Å². The monoisotopic (exact) mass is 576 g/mol. The number of carbonyl (C=O) groups is 3. The molecule has 3 N–H and O–H groups in total. The van der Waals surface area contributed by atoms with E-state index in [0.29, 0.717) is 22.9 Å². The van der Waals surface area contributed by atoms with Gasteiger partial charge in [-0.05, 0) is 48.9 Å². The molecule has 2 aliphatic heterocycles. The lowest BCUT2D eigenvalue weighted by molar-refractivity contribution is -0.152. The largest absolute Gasteiger partial charge is 0.458 e. The third-order valence-electron chi connectivity index (χ3n) is 9.35. The summed E-state index contributed by atoms with van der Waals surface area (Å²) < 4.78 is 26.0. The van der Waals surface area contributed by atoms with Crippen LogP contribution in [-0.2, 0) is 31.2 Å². The van der Waals surface area contributed by atoms with Crippen molar-refractivity contribution in [2.45, 2.75) is 75.8 Å². The Morgan fingerprint density at radius 2 is 1.86 bits per heavy atom. The molecule has 10 heteroatoms. The highest BCUT2D eigenvalue weighted by molar-refractivity contribution is 5.88. The van der Waals surface area contributed by atoms with Crippen molar-refractivity contribution in [3.8, 4) is 0 Å². The SMILES string of the molecule is CC(=O)OC1CN(C(=O)C(N)C2CCCCC2)C2CCN(C(=O)OCc3ccccc3)C12c1c[nH]c2cc(F)ccc12. The van der Waals surface area contributed by atoms with Crippen molar-refractivity contribution in [3.05, 3.63) is 71.7 Å². The first kappa shape index (κ1) is 28.2. The zero-order valence-electron chi connectivity index (χ0n) is 23.8. The normalized spacial score (nSPS) is 24.9. The van der Waals surface area contributed by atoms with Crippen molar-refractivity contribution in [2.24, 2.45) is 11.7 Å². The number of likely N-dealkylation sites (tertiary alicyclic amines) is 2. The van der Waals surface area contributed by atoms with Gasteiger partial charge in [-0.2, -0.15) is 0 Å². The molecule has 1 saturated carbocycles. The van der Waals surface area contributed by atoms with Gasteiger partial charge < -0.3 is 25.1 Å². The molecule has 0 spiro atoms. The third-order valence-corrected chi connectivity index (χ3v) is 9.35. The van der Waals surface area contributed by atoms with Gasteiger partial charge in [-0.25, -0.2) is 9.18 Å². The number of nitrogens with one attached hydrogen (secondary N) is 1. The van der Waals surface area contributed by atoms with Crippen LogP contribution in [0.1, 0.15) is 56.6 Å². The maximum absolute atomic E-state index is 14.2. The Morgan fingerprint density at radius 1 is 1.10 bits per heavy atom. The van der Waals surface area contributed by atoms with Gasteiger partial charge in [0.1, 0.15) is 24.1 Å². The number of esters is 1. The predicted molar refractivity (Wildman–Crippen MR) is 153 cm³/mol. The first-order valence-corrected chi connectivity index (χ1v) is 14.8. The van der Waals surface area contributed by atoms with Crippen LogP contribution in [-0.4, -0.2) is 64.0 Å². The highest BCUT2D eigenvalue weighted by Gasteiger charge is 2.67. The lowest BCUT2D eigenvalue weighted by atomic mass is 9.80. The van der Waals surface area contributed by atoms with E-state index < -0.39 is 41.6 Å². The standard InChI is InChI=1S/C32H37FN4O5/c1-20(38)42-28-18-36(30(39)29(34)22-10-6-3-7-11-22)27-14-15-37(31(40)41-19-21-8-4-2-5-9-21)32(27,28)25-17-35-26-16-23(33)12-13-24(25)26/h2,4-5,8-9,12-13,16-17,22,27-29,35H,3,6-7,10-11,14-15,18-19,34H2,1H3. The van der Waals surface area contributed by atoms with E-state index in [2.05, 4.69) is 4.98 Å². The van der Waals surface area contributed by atoms with Crippen LogP contribution in [0.2, 0.25) is 0 Å². The number of ether oxygens (including phenoxy) is 2. The number of aromatic nitrogens is 1. The third kappa shape index (κ3) is 4.81. The fourth-order valence-corrected chi connectivity index (χ4v) is 7.49.